The van der Waals surface area contributed by atoms with Gasteiger partial charge in [-0.05, 0) is 36.1 Å². The number of unbranched alkanes of at least 4 members (excludes halogenated alkanes) is 1. The molecule has 0 aliphatic rings. The lowest BCUT2D eigenvalue weighted by Crippen LogP contribution is -2.49. The van der Waals surface area contributed by atoms with Crippen LogP contribution in [0.25, 0.3) is 0 Å². The molecule has 0 unspecified atom stereocenters. The molecular formula is C26H36N2O3S. The first-order chi connectivity index (χ1) is 15.6. The van der Waals surface area contributed by atoms with Crippen molar-refractivity contribution in [3.05, 3.63) is 65.7 Å². The van der Waals surface area contributed by atoms with Gasteiger partial charge in [-0.25, -0.2) is 0 Å². The van der Waals surface area contributed by atoms with Gasteiger partial charge in [-0.2, -0.15) is 11.8 Å². The fraction of sp³-hybridized carbons (Fsp3) is 0.462. The van der Waals surface area contributed by atoms with Gasteiger partial charge in [0, 0.05) is 31.0 Å². The molecule has 0 heterocycles. The molecule has 2 amide bonds. The molecule has 0 fully saturated rings. The van der Waals surface area contributed by atoms with Crippen molar-refractivity contribution in [3.63, 3.8) is 0 Å². The van der Waals surface area contributed by atoms with Crippen LogP contribution in [0.3, 0.4) is 0 Å². The van der Waals surface area contributed by atoms with Crippen LogP contribution < -0.4 is 10.1 Å². The van der Waals surface area contributed by atoms with Gasteiger partial charge in [-0.15, -0.1) is 0 Å². The summed E-state index contributed by atoms with van der Waals surface area (Å²) in [5.41, 5.74) is 2.20. The Morgan fingerprint density at radius 2 is 1.81 bits per heavy atom. The number of amides is 2. The van der Waals surface area contributed by atoms with Crippen LogP contribution >= 0.6 is 11.8 Å². The summed E-state index contributed by atoms with van der Waals surface area (Å²) < 4.78 is 5.33. The Kier molecular flexibility index (Phi) is 11.7. The van der Waals surface area contributed by atoms with Gasteiger partial charge < -0.3 is 15.0 Å². The summed E-state index contributed by atoms with van der Waals surface area (Å²) >= 11 is 1.74. The summed E-state index contributed by atoms with van der Waals surface area (Å²) in [7, 11) is 1.63. The van der Waals surface area contributed by atoms with Crippen LogP contribution in [-0.4, -0.2) is 42.2 Å². The van der Waals surface area contributed by atoms with E-state index in [4.69, 9.17) is 4.74 Å². The van der Waals surface area contributed by atoms with Crippen LogP contribution in [-0.2, 0) is 21.9 Å². The summed E-state index contributed by atoms with van der Waals surface area (Å²) in [6.07, 6.45) is 2.93. The van der Waals surface area contributed by atoms with Gasteiger partial charge in [0.1, 0.15) is 11.8 Å². The Morgan fingerprint density at radius 3 is 2.50 bits per heavy atom. The second-order valence-electron chi connectivity index (χ2n) is 7.73. The second kappa shape index (κ2) is 14.6. The van der Waals surface area contributed by atoms with Crippen LogP contribution in [0.2, 0.25) is 0 Å². The minimum atomic E-state index is -0.482. The van der Waals surface area contributed by atoms with Gasteiger partial charge in [0.2, 0.25) is 11.8 Å². The Bertz CT molecular complexity index is 829. The molecule has 5 nitrogen and oxygen atoms in total. The lowest BCUT2D eigenvalue weighted by Gasteiger charge is -2.31. The average molecular weight is 457 g/mol. The first-order valence-electron chi connectivity index (χ1n) is 11.4. The summed E-state index contributed by atoms with van der Waals surface area (Å²) in [5.74, 6) is 2.27. The Balaban J connectivity index is 2.06. The van der Waals surface area contributed by atoms with Crippen molar-refractivity contribution in [3.8, 4) is 5.75 Å². The molecule has 2 aromatic rings. The third-order valence-electron chi connectivity index (χ3n) is 5.27. The fourth-order valence-corrected chi connectivity index (χ4v) is 4.35. The highest BCUT2D eigenvalue weighted by atomic mass is 32.2. The van der Waals surface area contributed by atoms with E-state index in [0.29, 0.717) is 25.9 Å². The Labute approximate surface area is 196 Å². The van der Waals surface area contributed by atoms with Gasteiger partial charge in [0.25, 0.3) is 0 Å². The first-order valence-corrected chi connectivity index (χ1v) is 12.6. The molecule has 0 saturated heterocycles. The van der Waals surface area contributed by atoms with E-state index in [9.17, 15) is 9.59 Å². The zero-order valence-corrected chi connectivity index (χ0v) is 20.3. The molecule has 1 N–H and O–H groups in total. The van der Waals surface area contributed by atoms with Gasteiger partial charge in [-0.1, -0.05) is 62.7 Å². The van der Waals surface area contributed by atoms with Crippen LogP contribution in [0.5, 0.6) is 5.75 Å². The van der Waals surface area contributed by atoms with Crippen LogP contribution in [0.4, 0.5) is 0 Å². The SMILES string of the molecule is CCCCNC(=O)[C@H](CC)N(Cc1cccc(OC)c1)C(=O)CCSCc1ccccc1. The van der Waals surface area contributed by atoms with E-state index in [-0.39, 0.29) is 11.8 Å². The number of benzene rings is 2. The fourth-order valence-electron chi connectivity index (χ4n) is 3.46. The number of methoxy groups -OCH3 is 1. The zero-order chi connectivity index (χ0) is 23.2. The number of nitrogens with one attached hydrogen (secondary N) is 1. The minimum absolute atomic E-state index is 0.00544. The number of rotatable bonds is 14. The molecule has 0 spiro atoms. The molecule has 174 valence electrons. The molecule has 0 saturated carbocycles. The predicted octanol–water partition coefficient (Wildman–Crippen LogP) is 5.04. The van der Waals surface area contributed by atoms with Crippen molar-refractivity contribution >= 4 is 23.6 Å². The van der Waals surface area contributed by atoms with E-state index in [1.807, 2.05) is 49.4 Å². The quantitative estimate of drug-likeness (QED) is 0.405. The third kappa shape index (κ3) is 8.58. The van der Waals surface area contributed by atoms with E-state index in [1.165, 1.54) is 5.56 Å². The third-order valence-corrected chi connectivity index (χ3v) is 6.30. The summed E-state index contributed by atoms with van der Waals surface area (Å²) in [4.78, 5) is 27.9. The Hall–Kier alpha value is -2.47. The van der Waals surface area contributed by atoms with Crippen LogP contribution in [0.1, 0.15) is 50.7 Å². The zero-order valence-electron chi connectivity index (χ0n) is 19.5. The van der Waals surface area contributed by atoms with Gasteiger partial charge in [0.05, 0.1) is 7.11 Å². The molecule has 0 radical (unpaired) electrons. The van der Waals surface area contributed by atoms with Crippen LogP contribution in [0, 0.1) is 0 Å². The maximum atomic E-state index is 13.2. The molecule has 2 aromatic carbocycles. The number of hydrogen-bond donors (Lipinski definition) is 1. The molecule has 6 heteroatoms. The second-order valence-corrected chi connectivity index (χ2v) is 8.84. The highest BCUT2D eigenvalue weighted by Crippen LogP contribution is 2.19. The molecule has 1 atom stereocenters. The molecular weight excluding hydrogens is 420 g/mol. The minimum Gasteiger partial charge on any atom is -0.497 e. The Morgan fingerprint density at radius 1 is 1.06 bits per heavy atom. The topological polar surface area (TPSA) is 58.6 Å². The summed E-state index contributed by atoms with van der Waals surface area (Å²) in [6.45, 7) is 5.08. The standard InChI is InChI=1S/C26H36N2O3S/c1-4-6-16-27-26(30)24(5-2)28(19-22-13-10-14-23(18-22)31-3)25(29)15-17-32-20-21-11-8-7-9-12-21/h7-14,18,24H,4-6,15-17,19-20H2,1-3H3,(H,27,30)/t24-/m0/s1. The molecule has 2 rings (SSSR count). The van der Waals surface area contributed by atoms with Gasteiger partial charge in [-0.3, -0.25) is 9.59 Å². The van der Waals surface area contributed by atoms with Crippen molar-refractivity contribution in [2.45, 2.75) is 57.9 Å². The van der Waals surface area contributed by atoms with E-state index in [1.54, 1.807) is 23.8 Å². The average Bonchev–Trinajstić information content (AvgIpc) is 2.82. The molecule has 32 heavy (non-hydrogen) atoms. The van der Waals surface area contributed by atoms with Crippen LogP contribution in [0.15, 0.2) is 54.6 Å². The van der Waals surface area contributed by atoms with Gasteiger partial charge >= 0.3 is 0 Å². The molecule has 0 aliphatic heterocycles. The highest BCUT2D eigenvalue weighted by Gasteiger charge is 2.28. The van der Waals surface area contributed by atoms with Crippen molar-refractivity contribution < 1.29 is 14.3 Å². The number of carbonyl (C=O) groups excluding carboxylic acids is 2. The van der Waals surface area contributed by atoms with Gasteiger partial charge in [0.15, 0.2) is 0 Å². The lowest BCUT2D eigenvalue weighted by molar-refractivity contribution is -0.141. The first kappa shape index (κ1) is 25.8. The monoisotopic (exact) mass is 456 g/mol. The van der Waals surface area contributed by atoms with E-state index in [0.717, 1.165) is 35.7 Å². The van der Waals surface area contributed by atoms with E-state index < -0.39 is 6.04 Å². The largest absolute Gasteiger partial charge is 0.497 e. The number of carbonyl (C=O) groups is 2. The predicted molar refractivity (Wildman–Crippen MR) is 133 cm³/mol. The number of thioether (sulfide) groups is 1. The van der Waals surface area contributed by atoms with Crippen molar-refractivity contribution in [2.24, 2.45) is 0 Å². The van der Waals surface area contributed by atoms with Crippen molar-refractivity contribution in [1.82, 2.24) is 10.2 Å². The smallest absolute Gasteiger partial charge is 0.242 e. The number of ether oxygens (including phenoxy) is 1. The van der Waals surface area contributed by atoms with Crippen molar-refractivity contribution in [2.75, 3.05) is 19.4 Å². The normalized spacial score (nSPS) is 11.6. The molecule has 0 aromatic heterocycles. The van der Waals surface area contributed by atoms with E-state index in [2.05, 4.69) is 24.4 Å². The molecule has 0 aliphatic carbocycles. The summed E-state index contributed by atoms with van der Waals surface area (Å²) in [6, 6.07) is 17.4. The maximum Gasteiger partial charge on any atom is 0.242 e. The number of nitrogens with zero attached hydrogens (tertiary/aromatic N) is 1. The maximum absolute atomic E-state index is 13.2. The van der Waals surface area contributed by atoms with Crippen molar-refractivity contribution in [1.29, 1.82) is 0 Å². The number of hydrogen-bond acceptors (Lipinski definition) is 4. The molecule has 0 bridgehead atoms. The lowest BCUT2D eigenvalue weighted by atomic mass is 10.1. The summed E-state index contributed by atoms with van der Waals surface area (Å²) in [5, 5.41) is 3.00. The van der Waals surface area contributed by atoms with E-state index >= 15 is 0 Å². The highest BCUT2D eigenvalue weighted by molar-refractivity contribution is 7.98.